The molecule has 6 N–H and O–H groups in total. The third-order valence-electron chi connectivity index (χ3n) is 13.8. The molecule has 5 aliphatic rings. The van der Waals surface area contributed by atoms with E-state index in [-0.39, 0.29) is 74.1 Å². The van der Waals surface area contributed by atoms with Crippen molar-refractivity contribution in [3.63, 3.8) is 0 Å². The highest BCUT2D eigenvalue weighted by molar-refractivity contribution is 7.90. The Balaban J connectivity index is 0.945. The van der Waals surface area contributed by atoms with Crippen LogP contribution in [0.25, 0.3) is 22.3 Å². The minimum absolute atomic E-state index is 0.0300. The number of rotatable bonds is 19. The number of imide groups is 1. The number of aliphatic hydroxyl groups is 4. The number of amides is 5. The maximum atomic E-state index is 14.1. The number of benzene rings is 2. The van der Waals surface area contributed by atoms with E-state index in [1.165, 1.54) is 29.8 Å². The quantitative estimate of drug-likeness (QED) is 0.0326. The van der Waals surface area contributed by atoms with Crippen LogP contribution in [0.1, 0.15) is 47.6 Å². The summed E-state index contributed by atoms with van der Waals surface area (Å²) in [5, 5.41) is 55.4. The molecule has 2 aromatic heterocycles. The van der Waals surface area contributed by atoms with E-state index in [1.807, 2.05) is 0 Å². The normalized spacial score (nSPS) is 21.8. The number of nitrogens with one attached hydrogen (secondary N) is 1. The Morgan fingerprint density at radius 3 is 2.35 bits per heavy atom. The molecule has 0 saturated carbocycles. The van der Waals surface area contributed by atoms with Crippen LogP contribution in [0.3, 0.4) is 0 Å². The number of aliphatic carboxylic acids is 1. The van der Waals surface area contributed by atoms with Crippen molar-refractivity contribution in [2.75, 3.05) is 57.5 Å². The molecule has 29 heteroatoms. The first-order chi connectivity index (χ1) is 37.5. The zero-order valence-electron chi connectivity index (χ0n) is 42.3. The molecular weight excluding hydrogens is 1070 g/mol. The first kappa shape index (κ1) is 55.7. The molecule has 0 radical (unpaired) electrons. The van der Waals surface area contributed by atoms with Crippen LogP contribution < -0.4 is 25.1 Å². The van der Waals surface area contributed by atoms with Gasteiger partial charge in [-0.1, -0.05) is 13.0 Å². The predicted molar refractivity (Wildman–Crippen MR) is 265 cm³/mol. The lowest BCUT2D eigenvalue weighted by Crippen LogP contribution is -2.61. The summed E-state index contributed by atoms with van der Waals surface area (Å²) >= 11 is 0. The Bertz CT molecular complexity index is 3400. The zero-order chi connectivity index (χ0) is 56.8. The van der Waals surface area contributed by atoms with Crippen LogP contribution >= 0.6 is 0 Å². The van der Waals surface area contributed by atoms with Crippen molar-refractivity contribution in [2.24, 2.45) is 0 Å². The summed E-state index contributed by atoms with van der Waals surface area (Å²) in [5.74, 6) is -5.39. The minimum atomic E-state index is -3.69. The van der Waals surface area contributed by atoms with Crippen molar-refractivity contribution in [2.45, 2.75) is 82.4 Å². The molecule has 9 rings (SSSR count). The first-order valence-corrected chi connectivity index (χ1v) is 26.4. The Kier molecular flexibility index (Phi) is 15.5. The SMILES string of the molecule is CC[C@@]1(O)C(=O)OCc2c1cc1n(c2=O)Cc2c-1nc1cc3c(cc1c2COCN(CCS(C)(=O)=O)C(=O)OCc1ccc(OC2OC(C(=O)O)C(O)C(O)C2O)c(NC(=O)CN(C)C(=O)CCN2C(=O)C=CC2=O)c1)OCO3. The van der Waals surface area contributed by atoms with Crippen molar-refractivity contribution in [3.05, 3.63) is 86.7 Å². The summed E-state index contributed by atoms with van der Waals surface area (Å²) in [5.41, 5.74) is -0.484. The lowest BCUT2D eigenvalue weighted by molar-refractivity contribution is -0.271. The maximum Gasteiger partial charge on any atom is 0.411 e. The summed E-state index contributed by atoms with van der Waals surface area (Å²) in [6.07, 6.45) is -8.59. The van der Waals surface area contributed by atoms with Gasteiger partial charge in [-0.3, -0.25) is 33.8 Å². The van der Waals surface area contributed by atoms with Gasteiger partial charge in [-0.2, -0.15) is 0 Å². The van der Waals surface area contributed by atoms with E-state index in [0.29, 0.717) is 44.9 Å². The lowest BCUT2D eigenvalue weighted by Gasteiger charge is -2.38. The van der Waals surface area contributed by atoms with Crippen molar-refractivity contribution < 1.29 is 101 Å². The second kappa shape index (κ2) is 22.0. The van der Waals surface area contributed by atoms with Crippen LogP contribution in [0.5, 0.6) is 17.2 Å². The van der Waals surface area contributed by atoms with Gasteiger partial charge >= 0.3 is 18.0 Å². The van der Waals surface area contributed by atoms with E-state index in [9.17, 15) is 72.3 Å². The molecule has 2 aromatic carbocycles. The molecule has 7 heterocycles. The summed E-state index contributed by atoms with van der Waals surface area (Å²) in [6, 6.07) is 8.61. The number of hydrogen-bond acceptors (Lipinski definition) is 22. The largest absolute Gasteiger partial charge is 0.479 e. The lowest BCUT2D eigenvalue weighted by atomic mass is 9.86. The topological polar surface area (TPSA) is 376 Å². The molecule has 0 aliphatic carbocycles. The highest BCUT2D eigenvalue weighted by Gasteiger charge is 2.49. The molecule has 4 aromatic rings. The number of nitrogens with zero attached hydrogens (tertiary/aromatic N) is 5. The standard InChI is InChI=1S/C50H52N6O22S/c1-4-50(69)29-15-32-40-26(17-56(32)45(64)28(29)21-73-48(50)67)27(25-14-34-35(76-23-75-34)16-30(25)52-40)20-72-22-54(11-12-79(3,70)71)49(68)74-19-24-5-6-33(77-47-43(63)41(61)42(62)44(78-47)46(65)66)31(13-24)51-36(57)18-53(2)37(58)9-10-55-38(59)7-8-39(55)60/h5-8,13-16,41-44,47,61-63,69H,4,9-12,17-23H2,1-3H3,(H,51,57)(H,65,66)/t41?,42?,43?,44?,47?,50-/m0/s1. The zero-order valence-corrected chi connectivity index (χ0v) is 43.1. The molecule has 79 heavy (non-hydrogen) atoms. The third-order valence-corrected chi connectivity index (χ3v) is 14.7. The number of ether oxygens (including phenoxy) is 7. The van der Waals surface area contributed by atoms with Crippen LogP contribution in [0.15, 0.2) is 53.3 Å². The van der Waals surface area contributed by atoms with E-state index in [4.69, 9.17) is 38.1 Å². The molecular formula is C50H52N6O22S. The maximum absolute atomic E-state index is 14.1. The molecule has 0 spiro atoms. The van der Waals surface area contributed by atoms with Gasteiger partial charge in [0.05, 0.1) is 53.6 Å². The molecule has 5 aliphatic heterocycles. The first-order valence-electron chi connectivity index (χ1n) is 24.3. The number of cyclic esters (lactones) is 1. The summed E-state index contributed by atoms with van der Waals surface area (Å²) < 4.78 is 65.6. The summed E-state index contributed by atoms with van der Waals surface area (Å²) in [7, 11) is -2.42. The van der Waals surface area contributed by atoms with Gasteiger partial charge in [0.25, 0.3) is 17.4 Å². The van der Waals surface area contributed by atoms with Crippen molar-refractivity contribution in [1.29, 1.82) is 0 Å². The molecule has 5 amide bonds. The Hall–Kier alpha value is -8.06. The molecule has 6 atom stereocenters. The number of hydrogen-bond donors (Lipinski definition) is 6. The number of esters is 1. The van der Waals surface area contributed by atoms with Gasteiger partial charge in [0.2, 0.25) is 24.9 Å². The number of fused-ring (bicyclic) bond motifs is 6. The van der Waals surface area contributed by atoms with E-state index < -0.39 is 126 Å². The van der Waals surface area contributed by atoms with E-state index in [2.05, 4.69) is 5.32 Å². The number of carboxylic acid groups (broad SMARTS) is 1. The number of anilines is 1. The smallest absolute Gasteiger partial charge is 0.411 e. The van der Waals surface area contributed by atoms with Crippen molar-refractivity contribution in [1.82, 2.24) is 24.3 Å². The van der Waals surface area contributed by atoms with Gasteiger partial charge in [-0.25, -0.2) is 27.8 Å². The number of carbonyl (C=O) groups is 7. The van der Waals surface area contributed by atoms with E-state index >= 15 is 0 Å². The number of carboxylic acids is 1. The molecule has 1 saturated heterocycles. The van der Waals surface area contributed by atoms with Gasteiger partial charge < -0.3 is 73.5 Å². The third kappa shape index (κ3) is 11.2. The number of pyridine rings is 2. The summed E-state index contributed by atoms with van der Waals surface area (Å²) in [4.78, 5) is 111. The molecule has 0 bridgehead atoms. The van der Waals surface area contributed by atoms with Gasteiger partial charge in [0.1, 0.15) is 53.8 Å². The van der Waals surface area contributed by atoms with Gasteiger partial charge in [-0.05, 0) is 41.8 Å². The molecule has 5 unspecified atom stereocenters. The van der Waals surface area contributed by atoms with Gasteiger partial charge in [0.15, 0.2) is 23.2 Å². The number of aliphatic hydroxyl groups excluding tert-OH is 3. The summed E-state index contributed by atoms with van der Waals surface area (Å²) in [6.45, 7) is -1.59. The molecule has 28 nitrogen and oxygen atoms in total. The predicted octanol–water partition coefficient (Wildman–Crippen LogP) is -1.05. The van der Waals surface area contributed by atoms with Crippen LogP contribution in [0.4, 0.5) is 10.5 Å². The molecule has 420 valence electrons. The fourth-order valence-corrected chi connectivity index (χ4v) is 9.93. The van der Waals surface area contributed by atoms with Gasteiger partial charge in [-0.15, -0.1) is 0 Å². The minimum Gasteiger partial charge on any atom is -0.479 e. The Labute approximate surface area is 447 Å². The van der Waals surface area contributed by atoms with Crippen molar-refractivity contribution >= 4 is 68.1 Å². The monoisotopic (exact) mass is 1120 g/mol. The van der Waals surface area contributed by atoms with Crippen molar-refractivity contribution in [3.8, 4) is 28.6 Å². The van der Waals surface area contributed by atoms with Gasteiger partial charge in [0, 0.05) is 67.5 Å². The number of sulfone groups is 1. The second-order valence-corrected chi connectivity index (χ2v) is 21.3. The van der Waals surface area contributed by atoms with Crippen LogP contribution in [-0.2, 0) is 89.5 Å². The van der Waals surface area contributed by atoms with Crippen LogP contribution in [0, 0.1) is 0 Å². The average Bonchev–Trinajstić information content (AvgIpc) is 3.86. The Morgan fingerprint density at radius 1 is 0.937 bits per heavy atom. The highest BCUT2D eigenvalue weighted by Crippen LogP contribution is 2.43. The van der Waals surface area contributed by atoms with Crippen LogP contribution in [-0.4, -0.2) is 183 Å². The van der Waals surface area contributed by atoms with Crippen LogP contribution in [0.2, 0.25) is 0 Å². The van der Waals surface area contributed by atoms with E-state index in [1.54, 1.807) is 25.1 Å². The van der Waals surface area contributed by atoms with E-state index in [0.717, 1.165) is 33.1 Å². The fraction of sp³-hybridized carbons (Fsp3) is 0.420. The Morgan fingerprint density at radius 2 is 1.66 bits per heavy atom. The number of carbonyl (C=O) groups excluding carboxylic acids is 6. The molecule has 1 fully saturated rings. The number of likely N-dealkylation sites (N-methyl/N-ethyl adjacent to an activating group) is 1. The number of aromatic nitrogens is 2. The second-order valence-electron chi connectivity index (χ2n) is 19.1. The fourth-order valence-electron chi connectivity index (χ4n) is 9.38. The average molecular weight is 1120 g/mol. The highest BCUT2D eigenvalue weighted by atomic mass is 32.2.